The summed E-state index contributed by atoms with van der Waals surface area (Å²) in [7, 11) is 0. The number of nitrogens with zero attached hydrogens (tertiary/aromatic N) is 1. The lowest BCUT2D eigenvalue weighted by molar-refractivity contribution is 0.477. The van der Waals surface area contributed by atoms with E-state index in [0.717, 1.165) is 40.1 Å². The third kappa shape index (κ3) is 5.36. The van der Waals surface area contributed by atoms with Crippen LogP contribution in [-0.4, -0.2) is 6.71 Å². The van der Waals surface area contributed by atoms with Gasteiger partial charge in [-0.3, -0.25) is 0 Å². The molecule has 302 valence electrons. The molecule has 0 saturated carbocycles. The molecule has 0 saturated heterocycles. The molecule has 0 bridgehead atoms. The molecule has 0 fully saturated rings. The van der Waals surface area contributed by atoms with Crippen LogP contribution >= 0.6 is 0 Å². The predicted octanol–water partition coefficient (Wildman–Crippen LogP) is 13.9. The number of hydrogen-bond donors (Lipinski definition) is 0. The summed E-state index contributed by atoms with van der Waals surface area (Å²) >= 11 is 0. The third-order valence-corrected chi connectivity index (χ3v) is 14.5. The largest absolute Gasteiger partial charge is 0.458 e. The van der Waals surface area contributed by atoms with Crippen LogP contribution in [0.15, 0.2) is 127 Å². The number of anilines is 3. The minimum atomic E-state index is -0.151. The van der Waals surface area contributed by atoms with Crippen molar-refractivity contribution in [2.45, 2.75) is 97.8 Å². The Morgan fingerprint density at radius 1 is 0.475 bits per heavy atom. The van der Waals surface area contributed by atoms with Gasteiger partial charge in [0.25, 0.3) is 6.71 Å². The van der Waals surface area contributed by atoms with Gasteiger partial charge in [-0.05, 0) is 115 Å². The average Bonchev–Trinajstić information content (AvgIpc) is 3.62. The fourth-order valence-corrected chi connectivity index (χ4v) is 11.3. The highest BCUT2D eigenvalue weighted by molar-refractivity contribution is 6.97. The van der Waals surface area contributed by atoms with Gasteiger partial charge in [0.05, 0.1) is 17.1 Å². The molecule has 11 rings (SSSR count). The smallest absolute Gasteiger partial charge is 0.251 e. The fourth-order valence-electron chi connectivity index (χ4n) is 11.3. The molecule has 7 aromatic rings. The minimum absolute atomic E-state index is 0.0174. The molecule has 7 aromatic carbocycles. The molecule has 0 aromatic heterocycles. The van der Waals surface area contributed by atoms with Crippen LogP contribution in [0.5, 0.6) is 23.0 Å². The molecule has 2 aliphatic heterocycles. The van der Waals surface area contributed by atoms with E-state index in [1.54, 1.807) is 0 Å². The van der Waals surface area contributed by atoms with E-state index in [4.69, 9.17) is 9.47 Å². The van der Waals surface area contributed by atoms with Crippen molar-refractivity contribution in [2.24, 2.45) is 0 Å². The van der Waals surface area contributed by atoms with Gasteiger partial charge in [0.2, 0.25) is 0 Å². The second-order valence-electron chi connectivity index (χ2n) is 19.9. The lowest BCUT2D eigenvalue weighted by Gasteiger charge is -2.36. The Labute approximate surface area is 362 Å². The predicted molar refractivity (Wildman–Crippen MR) is 256 cm³/mol. The summed E-state index contributed by atoms with van der Waals surface area (Å²) in [5.41, 5.74) is 21.3. The first-order valence-electron chi connectivity index (χ1n) is 22.4. The highest BCUT2D eigenvalue weighted by atomic mass is 16.5. The number of para-hydroxylation sites is 2. The van der Waals surface area contributed by atoms with E-state index >= 15 is 0 Å². The van der Waals surface area contributed by atoms with Crippen LogP contribution in [0.25, 0.3) is 22.3 Å². The molecule has 0 unspecified atom stereocenters. The highest BCUT2D eigenvalue weighted by Gasteiger charge is 2.44. The van der Waals surface area contributed by atoms with Gasteiger partial charge in [0.1, 0.15) is 11.5 Å². The zero-order valence-electron chi connectivity index (χ0n) is 37.2. The molecule has 2 heterocycles. The second-order valence-corrected chi connectivity index (χ2v) is 19.9. The van der Waals surface area contributed by atoms with E-state index in [0.29, 0.717) is 17.8 Å². The van der Waals surface area contributed by atoms with Gasteiger partial charge < -0.3 is 14.4 Å². The number of rotatable bonds is 5. The number of fused-ring (bicyclic) bond motifs is 11. The summed E-state index contributed by atoms with van der Waals surface area (Å²) in [6.07, 6.45) is 0. The Balaban J connectivity index is 1.15. The minimum Gasteiger partial charge on any atom is -0.458 e. The first-order chi connectivity index (χ1) is 29.3. The third-order valence-electron chi connectivity index (χ3n) is 14.5. The van der Waals surface area contributed by atoms with Crippen molar-refractivity contribution < 1.29 is 9.47 Å². The van der Waals surface area contributed by atoms with Crippen LogP contribution in [0.4, 0.5) is 17.1 Å². The summed E-state index contributed by atoms with van der Waals surface area (Å²) in [5, 5.41) is 0. The monoisotopic (exact) mass is 795 g/mol. The molecular weight excluding hydrogens is 741 g/mol. The molecule has 4 aliphatic rings. The number of ether oxygens (including phenoxy) is 2. The van der Waals surface area contributed by atoms with E-state index in [-0.39, 0.29) is 17.5 Å². The summed E-state index contributed by atoms with van der Waals surface area (Å²) in [4.78, 5) is 2.38. The molecule has 0 spiro atoms. The van der Waals surface area contributed by atoms with E-state index in [9.17, 15) is 0 Å². The molecule has 3 nitrogen and oxygen atoms in total. The first-order valence-corrected chi connectivity index (χ1v) is 22.4. The molecule has 0 atom stereocenters. The van der Waals surface area contributed by atoms with E-state index in [1.165, 1.54) is 77.6 Å². The standard InChI is InChI=1S/C57H54BNO2/c1-32(2)35-27-39(33(3)4)54(40(28-35)34(5)6)58-46-25-23-36(29-51(46)60-52-31-45-41(30-47(52)58)37-17-11-13-19-42(37)57(45,9)10)59-48-21-15-16-22-50(48)61-55-49(59)26-24-44-53(55)38-18-12-14-20-43(38)56(44,7)8/h11-34H,1-10H3. The van der Waals surface area contributed by atoms with Crippen molar-refractivity contribution in [1.82, 2.24) is 0 Å². The van der Waals surface area contributed by atoms with Crippen molar-refractivity contribution in [1.29, 1.82) is 0 Å². The molecule has 4 heteroatoms. The van der Waals surface area contributed by atoms with Crippen molar-refractivity contribution in [3.8, 4) is 45.3 Å². The fraction of sp³-hybridized carbons (Fsp3) is 0.263. The van der Waals surface area contributed by atoms with Gasteiger partial charge >= 0.3 is 0 Å². The van der Waals surface area contributed by atoms with Gasteiger partial charge in [-0.25, -0.2) is 0 Å². The zero-order chi connectivity index (χ0) is 42.3. The van der Waals surface area contributed by atoms with E-state index < -0.39 is 0 Å². The second kappa shape index (κ2) is 13.3. The van der Waals surface area contributed by atoms with Crippen molar-refractivity contribution in [2.75, 3.05) is 4.90 Å². The van der Waals surface area contributed by atoms with Crippen LogP contribution in [-0.2, 0) is 10.8 Å². The Morgan fingerprint density at radius 3 is 1.80 bits per heavy atom. The maximum absolute atomic E-state index is 7.31. The highest BCUT2D eigenvalue weighted by Crippen LogP contribution is 2.60. The van der Waals surface area contributed by atoms with E-state index in [1.807, 2.05) is 0 Å². The van der Waals surface area contributed by atoms with Gasteiger partial charge in [-0.2, -0.15) is 0 Å². The molecule has 0 N–H and O–H groups in total. The summed E-state index contributed by atoms with van der Waals surface area (Å²) < 4.78 is 14.3. The Hall–Kier alpha value is -6.00. The Bertz CT molecular complexity index is 2960. The SMILES string of the molecule is CC(C)c1cc(C(C)C)c(B2c3ccc(N4c5ccccc5Oc5c4ccc4c5-c5ccccc5C4(C)C)cc3Oc3cc4c(cc32)-c2ccccc2C4(C)C)c(C(C)C)c1. The summed E-state index contributed by atoms with van der Waals surface area (Å²) in [5.74, 6) is 4.72. The lowest BCUT2D eigenvalue weighted by atomic mass is 9.33. The van der Waals surface area contributed by atoms with Gasteiger partial charge in [-0.15, -0.1) is 0 Å². The maximum Gasteiger partial charge on any atom is 0.251 e. The van der Waals surface area contributed by atoms with Crippen molar-refractivity contribution in [3.05, 3.63) is 166 Å². The van der Waals surface area contributed by atoms with Crippen LogP contribution in [0.2, 0.25) is 0 Å². The van der Waals surface area contributed by atoms with Crippen molar-refractivity contribution >= 4 is 40.2 Å². The number of hydrogen-bond acceptors (Lipinski definition) is 3. The summed E-state index contributed by atoms with van der Waals surface area (Å²) in [6, 6.07) is 47.7. The normalized spacial score (nSPS) is 15.6. The quantitative estimate of drug-likeness (QED) is 0.162. The average molecular weight is 796 g/mol. The molecular formula is C57H54BNO2. The molecule has 0 radical (unpaired) electrons. The summed E-state index contributed by atoms with van der Waals surface area (Å²) in [6.45, 7) is 23.5. The van der Waals surface area contributed by atoms with Crippen LogP contribution in [0.3, 0.4) is 0 Å². The molecule has 2 aliphatic carbocycles. The van der Waals surface area contributed by atoms with Gasteiger partial charge in [0, 0.05) is 22.5 Å². The van der Waals surface area contributed by atoms with Gasteiger partial charge in [-0.1, -0.05) is 166 Å². The molecule has 0 amide bonds. The van der Waals surface area contributed by atoms with Crippen LogP contribution in [0.1, 0.15) is 126 Å². The maximum atomic E-state index is 7.31. The number of benzene rings is 7. The lowest BCUT2D eigenvalue weighted by Crippen LogP contribution is -2.57. The Morgan fingerprint density at radius 2 is 1.10 bits per heavy atom. The topological polar surface area (TPSA) is 21.7 Å². The van der Waals surface area contributed by atoms with Crippen molar-refractivity contribution in [3.63, 3.8) is 0 Å². The van der Waals surface area contributed by atoms with E-state index in [2.05, 4.69) is 202 Å². The van der Waals surface area contributed by atoms with Crippen LogP contribution < -0.4 is 30.8 Å². The Kier molecular flexibility index (Phi) is 8.25. The first kappa shape index (κ1) is 38.0. The molecule has 61 heavy (non-hydrogen) atoms. The van der Waals surface area contributed by atoms with Gasteiger partial charge in [0.15, 0.2) is 11.5 Å². The zero-order valence-corrected chi connectivity index (χ0v) is 37.2. The van der Waals surface area contributed by atoms with Crippen LogP contribution in [0, 0.1) is 0 Å².